The number of aromatic nitrogens is 2. The van der Waals surface area contributed by atoms with E-state index in [2.05, 4.69) is 15.5 Å². The van der Waals surface area contributed by atoms with Gasteiger partial charge in [-0.25, -0.2) is 0 Å². The molecular formula is C13H16ClN3O2S. The van der Waals surface area contributed by atoms with Gasteiger partial charge in [0.05, 0.1) is 6.61 Å². The van der Waals surface area contributed by atoms with E-state index in [1.54, 1.807) is 13.2 Å². The van der Waals surface area contributed by atoms with Crippen LogP contribution in [0.1, 0.15) is 10.0 Å². The molecule has 0 aliphatic heterocycles. The second-order valence-corrected chi connectivity index (χ2v) is 5.59. The number of rotatable bonds is 8. The number of halogens is 1. The van der Waals surface area contributed by atoms with Gasteiger partial charge >= 0.3 is 0 Å². The Bertz CT molecular complexity index is 536. The summed E-state index contributed by atoms with van der Waals surface area (Å²) in [5, 5.41) is 13.8. The van der Waals surface area contributed by atoms with Crippen LogP contribution in [0.4, 0.5) is 0 Å². The summed E-state index contributed by atoms with van der Waals surface area (Å²) in [6.07, 6.45) is 0. The molecule has 7 heteroatoms. The van der Waals surface area contributed by atoms with E-state index >= 15 is 0 Å². The summed E-state index contributed by atoms with van der Waals surface area (Å²) >= 11 is 7.42. The van der Waals surface area contributed by atoms with Gasteiger partial charge in [-0.2, -0.15) is 0 Å². The highest BCUT2D eigenvalue weighted by molar-refractivity contribution is 7.11. The second kappa shape index (κ2) is 8.16. The number of nitrogens with zero attached hydrogens (tertiary/aromatic N) is 2. The molecule has 108 valence electrons. The van der Waals surface area contributed by atoms with E-state index in [9.17, 15) is 0 Å². The first-order valence-corrected chi connectivity index (χ1v) is 7.36. The fourth-order valence-corrected chi connectivity index (χ4v) is 2.40. The van der Waals surface area contributed by atoms with Gasteiger partial charge in [0, 0.05) is 25.2 Å². The minimum Gasteiger partial charge on any atom is -0.486 e. The number of methoxy groups -OCH3 is 1. The lowest BCUT2D eigenvalue weighted by Gasteiger charge is -2.03. The predicted molar refractivity (Wildman–Crippen MR) is 79.3 cm³/mol. The van der Waals surface area contributed by atoms with Gasteiger partial charge < -0.3 is 14.8 Å². The minimum absolute atomic E-state index is 0.399. The Kier molecular flexibility index (Phi) is 6.20. The van der Waals surface area contributed by atoms with Gasteiger partial charge in [0.2, 0.25) is 0 Å². The molecule has 0 radical (unpaired) electrons. The van der Waals surface area contributed by atoms with E-state index in [1.165, 1.54) is 11.3 Å². The molecule has 1 N–H and O–H groups in total. The van der Waals surface area contributed by atoms with E-state index in [4.69, 9.17) is 21.1 Å². The number of hydrogen-bond donors (Lipinski definition) is 1. The topological polar surface area (TPSA) is 56.3 Å². The van der Waals surface area contributed by atoms with Crippen molar-refractivity contribution in [3.8, 4) is 5.75 Å². The summed E-state index contributed by atoms with van der Waals surface area (Å²) < 4.78 is 10.6. The van der Waals surface area contributed by atoms with Crippen LogP contribution in [-0.4, -0.2) is 30.5 Å². The molecular weight excluding hydrogens is 298 g/mol. The molecule has 0 spiro atoms. The first-order chi connectivity index (χ1) is 9.78. The zero-order valence-corrected chi connectivity index (χ0v) is 12.7. The maximum Gasteiger partial charge on any atom is 0.155 e. The number of benzene rings is 1. The van der Waals surface area contributed by atoms with Crippen LogP contribution in [0, 0.1) is 0 Å². The molecule has 1 aromatic carbocycles. The van der Waals surface area contributed by atoms with Crippen molar-refractivity contribution in [2.75, 3.05) is 20.3 Å². The van der Waals surface area contributed by atoms with Gasteiger partial charge in [0.15, 0.2) is 5.01 Å². The molecule has 0 amide bonds. The van der Waals surface area contributed by atoms with Crippen molar-refractivity contribution < 1.29 is 9.47 Å². The highest BCUT2D eigenvalue weighted by Gasteiger charge is 2.05. The normalized spacial score (nSPS) is 10.7. The first kappa shape index (κ1) is 15.2. The third-order valence-electron chi connectivity index (χ3n) is 2.43. The molecule has 20 heavy (non-hydrogen) atoms. The van der Waals surface area contributed by atoms with Crippen molar-refractivity contribution in [1.82, 2.24) is 15.5 Å². The Morgan fingerprint density at radius 3 is 2.95 bits per heavy atom. The van der Waals surface area contributed by atoms with Crippen LogP contribution >= 0.6 is 22.9 Å². The Morgan fingerprint density at radius 1 is 1.30 bits per heavy atom. The molecule has 0 atom stereocenters. The lowest BCUT2D eigenvalue weighted by Crippen LogP contribution is -2.18. The van der Waals surface area contributed by atoms with Gasteiger partial charge in [0.1, 0.15) is 17.4 Å². The number of hydrogen-bond acceptors (Lipinski definition) is 6. The van der Waals surface area contributed by atoms with Gasteiger partial charge in [-0.05, 0) is 18.2 Å². The van der Waals surface area contributed by atoms with E-state index < -0.39 is 0 Å². The molecule has 0 saturated carbocycles. The van der Waals surface area contributed by atoms with E-state index in [1.807, 2.05) is 18.2 Å². The lowest BCUT2D eigenvalue weighted by molar-refractivity contribution is 0.199. The predicted octanol–water partition coefficient (Wildman–Crippen LogP) is 2.51. The largest absolute Gasteiger partial charge is 0.486 e. The second-order valence-electron chi connectivity index (χ2n) is 4.01. The van der Waals surface area contributed by atoms with E-state index in [0.717, 1.165) is 22.3 Å². The third kappa shape index (κ3) is 5.05. The molecule has 0 aliphatic carbocycles. The van der Waals surface area contributed by atoms with Gasteiger partial charge in [-0.3, -0.25) is 0 Å². The highest BCUT2D eigenvalue weighted by atomic mass is 35.5. The van der Waals surface area contributed by atoms with Crippen molar-refractivity contribution in [2.24, 2.45) is 0 Å². The maximum absolute atomic E-state index is 5.89. The van der Waals surface area contributed by atoms with Crippen molar-refractivity contribution in [3.63, 3.8) is 0 Å². The highest BCUT2D eigenvalue weighted by Crippen LogP contribution is 2.19. The smallest absolute Gasteiger partial charge is 0.155 e. The molecule has 1 heterocycles. The molecule has 5 nitrogen and oxygen atoms in total. The molecule has 2 aromatic rings. The SMILES string of the molecule is COCCNCc1nnc(COc2cccc(Cl)c2)s1. The minimum atomic E-state index is 0.399. The lowest BCUT2D eigenvalue weighted by atomic mass is 10.3. The standard InChI is InChI=1S/C13H16ClN3O2S/c1-18-6-5-15-8-12-16-17-13(20-12)9-19-11-4-2-3-10(14)7-11/h2-4,7,15H,5-6,8-9H2,1H3. The Labute approximate surface area is 126 Å². The van der Waals surface area contributed by atoms with Crippen molar-refractivity contribution in [3.05, 3.63) is 39.3 Å². The average Bonchev–Trinajstić information content (AvgIpc) is 2.89. The number of nitrogens with one attached hydrogen (secondary N) is 1. The summed E-state index contributed by atoms with van der Waals surface area (Å²) in [6.45, 7) is 2.57. The molecule has 0 fully saturated rings. The fraction of sp³-hybridized carbons (Fsp3) is 0.385. The molecule has 0 aliphatic rings. The van der Waals surface area contributed by atoms with Gasteiger partial charge in [-0.1, -0.05) is 29.0 Å². The fourth-order valence-electron chi connectivity index (χ4n) is 1.49. The average molecular weight is 314 g/mol. The van der Waals surface area contributed by atoms with Gasteiger partial charge in [-0.15, -0.1) is 10.2 Å². The molecule has 0 bridgehead atoms. The maximum atomic E-state index is 5.89. The summed E-state index contributed by atoms with van der Waals surface area (Å²) in [6, 6.07) is 7.29. The van der Waals surface area contributed by atoms with Crippen LogP contribution in [0.3, 0.4) is 0 Å². The van der Waals surface area contributed by atoms with Crippen LogP contribution in [0.25, 0.3) is 0 Å². The van der Waals surface area contributed by atoms with Gasteiger partial charge in [0.25, 0.3) is 0 Å². The van der Waals surface area contributed by atoms with Crippen LogP contribution in [0.5, 0.6) is 5.75 Å². The summed E-state index contributed by atoms with van der Waals surface area (Å²) in [5.41, 5.74) is 0. The first-order valence-electron chi connectivity index (χ1n) is 6.17. The molecule has 1 aromatic heterocycles. The van der Waals surface area contributed by atoms with E-state index in [0.29, 0.717) is 24.8 Å². The third-order valence-corrected chi connectivity index (χ3v) is 3.56. The van der Waals surface area contributed by atoms with Crippen LogP contribution in [0.2, 0.25) is 5.02 Å². The quantitative estimate of drug-likeness (QED) is 0.759. The monoisotopic (exact) mass is 313 g/mol. The van der Waals surface area contributed by atoms with Crippen molar-refractivity contribution in [1.29, 1.82) is 0 Å². The van der Waals surface area contributed by atoms with Crippen LogP contribution < -0.4 is 10.1 Å². The molecule has 0 saturated heterocycles. The van der Waals surface area contributed by atoms with Crippen molar-refractivity contribution >= 4 is 22.9 Å². The zero-order valence-electron chi connectivity index (χ0n) is 11.1. The zero-order chi connectivity index (χ0) is 14.2. The summed E-state index contributed by atoms with van der Waals surface area (Å²) in [5.74, 6) is 0.729. The van der Waals surface area contributed by atoms with Crippen molar-refractivity contribution in [2.45, 2.75) is 13.2 Å². The Balaban J connectivity index is 1.78. The summed E-state index contributed by atoms with van der Waals surface area (Å²) in [7, 11) is 1.68. The van der Waals surface area contributed by atoms with E-state index in [-0.39, 0.29) is 0 Å². The van der Waals surface area contributed by atoms with Crippen LogP contribution in [0.15, 0.2) is 24.3 Å². The van der Waals surface area contributed by atoms with Crippen LogP contribution in [-0.2, 0) is 17.9 Å². The summed E-state index contributed by atoms with van der Waals surface area (Å²) in [4.78, 5) is 0. The Morgan fingerprint density at radius 2 is 2.15 bits per heavy atom. The molecule has 0 unspecified atom stereocenters. The Hall–Kier alpha value is -1.21. The number of ether oxygens (including phenoxy) is 2. The molecule has 2 rings (SSSR count).